The fourth-order valence-corrected chi connectivity index (χ4v) is 3.11. The molecule has 0 spiro atoms. The third-order valence-corrected chi connectivity index (χ3v) is 4.66. The van der Waals surface area contributed by atoms with Gasteiger partial charge in [-0.2, -0.15) is 0 Å². The van der Waals surface area contributed by atoms with E-state index in [2.05, 4.69) is 19.2 Å². The van der Waals surface area contributed by atoms with Crippen molar-refractivity contribution in [2.75, 3.05) is 25.6 Å². The molecule has 2 aromatic carbocycles. The maximum atomic E-state index is 13.4. The predicted molar refractivity (Wildman–Crippen MR) is 117 cm³/mol. The number of thiocarbonyl (C=S) groups is 1. The average Bonchev–Trinajstić information content (AvgIpc) is 2.69. The summed E-state index contributed by atoms with van der Waals surface area (Å²) in [5.41, 5.74) is 1.70. The number of halogens is 2. The summed E-state index contributed by atoms with van der Waals surface area (Å²) in [7, 11) is 1.63. The summed E-state index contributed by atoms with van der Waals surface area (Å²) in [6.45, 7) is 6.18. The van der Waals surface area contributed by atoms with Crippen molar-refractivity contribution < 1.29 is 13.9 Å². The third-order valence-electron chi connectivity index (χ3n) is 4.01. The van der Waals surface area contributed by atoms with Crippen molar-refractivity contribution in [1.82, 2.24) is 4.90 Å². The van der Waals surface area contributed by atoms with Crippen LogP contribution in [0.2, 0.25) is 5.02 Å². The smallest absolute Gasteiger partial charge is 0.173 e. The first kappa shape index (κ1) is 22.2. The van der Waals surface area contributed by atoms with Crippen LogP contribution in [-0.4, -0.2) is 30.3 Å². The summed E-state index contributed by atoms with van der Waals surface area (Å²) in [4.78, 5) is 2.05. The number of benzene rings is 2. The molecular weight excluding hydrogens is 399 g/mol. The van der Waals surface area contributed by atoms with Crippen molar-refractivity contribution in [3.63, 3.8) is 0 Å². The quantitative estimate of drug-likeness (QED) is 0.508. The monoisotopic (exact) mass is 424 g/mol. The Balaban J connectivity index is 2.12. The van der Waals surface area contributed by atoms with Crippen molar-refractivity contribution in [3.05, 3.63) is 52.8 Å². The van der Waals surface area contributed by atoms with Gasteiger partial charge in [-0.05, 0) is 61.0 Å². The van der Waals surface area contributed by atoms with Crippen LogP contribution in [0.1, 0.15) is 32.3 Å². The Labute approximate surface area is 176 Å². The average molecular weight is 425 g/mol. The molecular formula is C21H26ClFN2O2S. The molecule has 0 aromatic heterocycles. The SMILES string of the molecule is CCCOc1ccc(CN(CCC)C(=S)Nc2ccc(F)c(Cl)c2)cc1OC. The van der Waals surface area contributed by atoms with Gasteiger partial charge in [0.15, 0.2) is 16.6 Å². The molecule has 0 aliphatic heterocycles. The molecule has 1 N–H and O–H groups in total. The number of nitrogens with one attached hydrogen (secondary N) is 1. The zero-order chi connectivity index (χ0) is 20.5. The molecule has 0 saturated heterocycles. The van der Waals surface area contributed by atoms with Gasteiger partial charge in [0, 0.05) is 18.8 Å². The first-order valence-corrected chi connectivity index (χ1v) is 10.1. The van der Waals surface area contributed by atoms with Crippen LogP contribution in [0, 0.1) is 5.82 Å². The van der Waals surface area contributed by atoms with Crippen LogP contribution >= 0.6 is 23.8 Å². The fraction of sp³-hybridized carbons (Fsp3) is 0.381. The van der Waals surface area contributed by atoms with Crippen molar-refractivity contribution in [2.45, 2.75) is 33.2 Å². The molecule has 4 nitrogen and oxygen atoms in total. The molecule has 2 rings (SSSR count). The summed E-state index contributed by atoms with van der Waals surface area (Å²) in [6, 6.07) is 10.3. The maximum Gasteiger partial charge on any atom is 0.173 e. The highest BCUT2D eigenvalue weighted by Gasteiger charge is 2.13. The second kappa shape index (κ2) is 11.1. The van der Waals surface area contributed by atoms with Gasteiger partial charge in [0.2, 0.25) is 0 Å². The van der Waals surface area contributed by atoms with E-state index in [1.165, 1.54) is 12.1 Å². The van der Waals surface area contributed by atoms with Gasteiger partial charge in [0.05, 0.1) is 18.7 Å². The van der Waals surface area contributed by atoms with Crippen LogP contribution in [0.25, 0.3) is 0 Å². The highest BCUT2D eigenvalue weighted by Crippen LogP contribution is 2.29. The highest BCUT2D eigenvalue weighted by molar-refractivity contribution is 7.80. The molecule has 0 aliphatic rings. The number of anilines is 1. The Bertz CT molecular complexity index is 804. The van der Waals surface area contributed by atoms with Crippen molar-refractivity contribution in [3.8, 4) is 11.5 Å². The minimum atomic E-state index is -0.457. The lowest BCUT2D eigenvalue weighted by atomic mass is 10.2. The topological polar surface area (TPSA) is 33.7 Å². The Hall–Kier alpha value is -2.05. The fourth-order valence-electron chi connectivity index (χ4n) is 2.66. The van der Waals surface area contributed by atoms with Crippen LogP contribution in [0.4, 0.5) is 10.1 Å². The second-order valence-electron chi connectivity index (χ2n) is 6.31. The molecule has 7 heteroatoms. The number of nitrogens with zero attached hydrogens (tertiary/aromatic N) is 1. The second-order valence-corrected chi connectivity index (χ2v) is 7.11. The normalized spacial score (nSPS) is 10.5. The third kappa shape index (κ3) is 6.24. The lowest BCUT2D eigenvalue weighted by Crippen LogP contribution is -2.34. The molecule has 0 radical (unpaired) electrons. The Morgan fingerprint density at radius 3 is 2.57 bits per heavy atom. The van der Waals surface area contributed by atoms with E-state index in [1.807, 2.05) is 23.1 Å². The van der Waals surface area contributed by atoms with Crippen molar-refractivity contribution in [2.24, 2.45) is 0 Å². The Morgan fingerprint density at radius 1 is 1.14 bits per heavy atom. The first-order valence-electron chi connectivity index (χ1n) is 9.29. The molecule has 0 aliphatic carbocycles. The van der Waals surface area contributed by atoms with Crippen molar-refractivity contribution >= 4 is 34.6 Å². The lowest BCUT2D eigenvalue weighted by molar-refractivity contribution is 0.293. The van der Waals surface area contributed by atoms with E-state index < -0.39 is 5.82 Å². The number of rotatable bonds is 9. The van der Waals surface area contributed by atoms with E-state index >= 15 is 0 Å². The van der Waals surface area contributed by atoms with Gasteiger partial charge in [-0.25, -0.2) is 4.39 Å². The first-order chi connectivity index (χ1) is 13.5. The van der Waals surface area contributed by atoms with Gasteiger partial charge >= 0.3 is 0 Å². The molecule has 152 valence electrons. The molecule has 0 unspecified atom stereocenters. The summed E-state index contributed by atoms with van der Waals surface area (Å²) >= 11 is 11.4. The maximum absolute atomic E-state index is 13.4. The van der Waals surface area contributed by atoms with Gasteiger partial charge in [0.25, 0.3) is 0 Å². The zero-order valence-corrected chi connectivity index (χ0v) is 18.0. The summed E-state index contributed by atoms with van der Waals surface area (Å²) in [6.07, 6.45) is 1.86. The van der Waals surface area contributed by atoms with E-state index in [0.29, 0.717) is 29.7 Å². The van der Waals surface area contributed by atoms with Gasteiger partial charge in [-0.15, -0.1) is 0 Å². The summed E-state index contributed by atoms with van der Waals surface area (Å²) in [5, 5.41) is 3.74. The van der Waals surface area contributed by atoms with Crippen LogP contribution in [0.5, 0.6) is 11.5 Å². The summed E-state index contributed by atoms with van der Waals surface area (Å²) in [5.74, 6) is 0.976. The number of hydrogen-bond acceptors (Lipinski definition) is 3. The van der Waals surface area contributed by atoms with E-state index in [0.717, 1.165) is 30.7 Å². The van der Waals surface area contributed by atoms with E-state index in [4.69, 9.17) is 33.3 Å². The number of ether oxygens (including phenoxy) is 2. The zero-order valence-electron chi connectivity index (χ0n) is 16.4. The standard InChI is InChI=1S/C21H26ClFN2O2S/c1-4-10-25(21(28)24-16-7-8-18(23)17(22)13-16)14-15-6-9-19(27-11-5-2)20(12-15)26-3/h6-9,12-13H,4-5,10-11,14H2,1-3H3,(H,24,28). The molecule has 28 heavy (non-hydrogen) atoms. The van der Waals surface area contributed by atoms with E-state index in [9.17, 15) is 4.39 Å². The number of hydrogen-bond donors (Lipinski definition) is 1. The minimum absolute atomic E-state index is 0.0576. The van der Waals surface area contributed by atoms with Gasteiger partial charge in [-0.1, -0.05) is 31.5 Å². The molecule has 2 aromatic rings. The van der Waals surface area contributed by atoms with E-state index in [1.54, 1.807) is 13.2 Å². The lowest BCUT2D eigenvalue weighted by Gasteiger charge is -2.26. The van der Waals surface area contributed by atoms with Gasteiger partial charge in [0.1, 0.15) is 5.82 Å². The molecule has 0 heterocycles. The molecule has 0 bridgehead atoms. The van der Waals surface area contributed by atoms with E-state index in [-0.39, 0.29) is 5.02 Å². The highest BCUT2D eigenvalue weighted by atomic mass is 35.5. The summed E-state index contributed by atoms with van der Waals surface area (Å²) < 4.78 is 24.5. The minimum Gasteiger partial charge on any atom is -0.493 e. The predicted octanol–water partition coefficient (Wildman–Crippen LogP) is 5.89. The number of methoxy groups -OCH3 is 1. The largest absolute Gasteiger partial charge is 0.493 e. The van der Waals surface area contributed by atoms with Crippen LogP contribution in [0.3, 0.4) is 0 Å². The molecule has 0 saturated carbocycles. The Morgan fingerprint density at radius 2 is 1.93 bits per heavy atom. The van der Waals surface area contributed by atoms with Crippen LogP contribution in [0.15, 0.2) is 36.4 Å². The van der Waals surface area contributed by atoms with Crippen molar-refractivity contribution in [1.29, 1.82) is 0 Å². The Kier molecular flexibility index (Phi) is 8.80. The molecule has 0 amide bonds. The van der Waals surface area contributed by atoms with Gasteiger partial charge < -0.3 is 19.7 Å². The van der Waals surface area contributed by atoms with Gasteiger partial charge in [-0.3, -0.25) is 0 Å². The molecule has 0 fully saturated rings. The van der Waals surface area contributed by atoms with Crippen LogP contribution in [-0.2, 0) is 6.54 Å². The van der Waals surface area contributed by atoms with Crippen LogP contribution < -0.4 is 14.8 Å². The molecule has 0 atom stereocenters.